The fourth-order valence-corrected chi connectivity index (χ4v) is 4.55. The predicted octanol–water partition coefficient (Wildman–Crippen LogP) is 3.67. The number of hydrogen-bond donors (Lipinski definition) is 0. The molecule has 0 radical (unpaired) electrons. The summed E-state index contributed by atoms with van der Waals surface area (Å²) in [6.45, 7) is 1.72. The van der Waals surface area contributed by atoms with Gasteiger partial charge in [-0.3, -0.25) is 0 Å². The summed E-state index contributed by atoms with van der Waals surface area (Å²) in [6.07, 6.45) is 0. The first kappa shape index (κ1) is 15.4. The van der Waals surface area contributed by atoms with Crippen molar-refractivity contribution in [2.75, 3.05) is 7.05 Å². The molecule has 0 atom stereocenters. The number of thiophene rings is 1. The second kappa shape index (κ2) is 5.81. The lowest BCUT2D eigenvalue weighted by Gasteiger charge is -2.17. The summed E-state index contributed by atoms with van der Waals surface area (Å²) < 4.78 is 39.7. The van der Waals surface area contributed by atoms with Crippen molar-refractivity contribution in [1.29, 1.82) is 0 Å². The number of halogens is 2. The van der Waals surface area contributed by atoms with E-state index in [4.69, 9.17) is 11.6 Å². The maximum atomic E-state index is 13.7. The second-order valence-corrected chi connectivity index (χ2v) is 8.29. The Morgan fingerprint density at radius 2 is 2.00 bits per heavy atom. The van der Waals surface area contributed by atoms with E-state index in [1.807, 2.05) is 6.92 Å². The van der Waals surface area contributed by atoms with Gasteiger partial charge in [-0.1, -0.05) is 17.7 Å². The highest BCUT2D eigenvalue weighted by Crippen LogP contribution is 2.27. The van der Waals surface area contributed by atoms with E-state index in [0.29, 0.717) is 0 Å². The second-order valence-electron chi connectivity index (χ2n) is 4.33. The molecule has 1 heterocycles. The molecule has 0 amide bonds. The molecule has 1 aromatic heterocycles. The topological polar surface area (TPSA) is 37.4 Å². The fraction of sp³-hybridized carbons (Fsp3) is 0.231. The van der Waals surface area contributed by atoms with E-state index in [2.05, 4.69) is 0 Å². The molecule has 0 N–H and O–H groups in total. The summed E-state index contributed by atoms with van der Waals surface area (Å²) in [5, 5.41) is 0.217. The Morgan fingerprint density at radius 1 is 1.30 bits per heavy atom. The predicted molar refractivity (Wildman–Crippen MR) is 79.1 cm³/mol. The van der Waals surface area contributed by atoms with Gasteiger partial charge in [0.15, 0.2) is 0 Å². The Balaban J connectivity index is 2.30. The van der Waals surface area contributed by atoms with Crippen LogP contribution in [0.1, 0.15) is 10.4 Å². The SMILES string of the molecule is Cc1ccc(S(=O)(=O)N(C)Cc2c(F)cccc2Cl)s1. The normalized spacial score (nSPS) is 12.1. The minimum atomic E-state index is -3.62. The zero-order valence-corrected chi connectivity index (χ0v) is 13.3. The van der Waals surface area contributed by atoms with E-state index in [0.717, 1.165) is 9.18 Å². The van der Waals surface area contributed by atoms with E-state index < -0.39 is 15.8 Å². The summed E-state index contributed by atoms with van der Waals surface area (Å²) in [5.41, 5.74) is 0.175. The zero-order chi connectivity index (χ0) is 14.9. The first-order chi connectivity index (χ1) is 9.32. The van der Waals surface area contributed by atoms with Crippen LogP contribution in [0.3, 0.4) is 0 Å². The third kappa shape index (κ3) is 3.03. The minimum Gasteiger partial charge on any atom is -0.207 e. The number of benzene rings is 1. The van der Waals surface area contributed by atoms with Crippen LogP contribution in [0.25, 0.3) is 0 Å². The molecular formula is C13H13ClFNO2S2. The van der Waals surface area contributed by atoms with Gasteiger partial charge in [-0.2, -0.15) is 4.31 Å². The average molecular weight is 334 g/mol. The van der Waals surface area contributed by atoms with E-state index in [1.165, 1.54) is 36.6 Å². The fourth-order valence-electron chi connectivity index (χ4n) is 1.70. The lowest BCUT2D eigenvalue weighted by Crippen LogP contribution is -2.26. The van der Waals surface area contributed by atoms with Crippen molar-refractivity contribution >= 4 is 33.0 Å². The summed E-state index contributed by atoms with van der Waals surface area (Å²) in [5.74, 6) is -0.512. The molecule has 0 aliphatic heterocycles. The molecule has 0 fully saturated rings. The Labute approximate surface area is 126 Å². The van der Waals surface area contributed by atoms with Crippen LogP contribution in [-0.4, -0.2) is 19.8 Å². The first-order valence-corrected chi connectivity index (χ1v) is 8.41. The third-order valence-corrected chi connectivity index (χ3v) is 6.45. The number of nitrogens with zero attached hydrogens (tertiary/aromatic N) is 1. The highest BCUT2D eigenvalue weighted by atomic mass is 35.5. The molecular weight excluding hydrogens is 321 g/mol. The largest absolute Gasteiger partial charge is 0.252 e. The van der Waals surface area contributed by atoms with Gasteiger partial charge in [0.1, 0.15) is 10.0 Å². The molecule has 0 unspecified atom stereocenters. The summed E-state index contributed by atoms with van der Waals surface area (Å²) >= 11 is 7.10. The highest BCUT2D eigenvalue weighted by Gasteiger charge is 2.24. The maximum absolute atomic E-state index is 13.7. The van der Waals surface area contributed by atoms with Crippen LogP contribution in [0, 0.1) is 12.7 Å². The summed E-state index contributed by atoms with van der Waals surface area (Å²) in [6, 6.07) is 7.57. The van der Waals surface area contributed by atoms with Crippen LogP contribution >= 0.6 is 22.9 Å². The molecule has 0 aliphatic rings. The van der Waals surface area contributed by atoms with Gasteiger partial charge >= 0.3 is 0 Å². The van der Waals surface area contributed by atoms with E-state index in [1.54, 1.807) is 12.1 Å². The van der Waals surface area contributed by atoms with Gasteiger partial charge in [-0.25, -0.2) is 12.8 Å². The monoisotopic (exact) mass is 333 g/mol. The number of aryl methyl sites for hydroxylation is 1. The van der Waals surface area contributed by atoms with E-state index in [9.17, 15) is 12.8 Å². The van der Waals surface area contributed by atoms with Gasteiger partial charge in [-0.05, 0) is 31.2 Å². The zero-order valence-electron chi connectivity index (χ0n) is 10.9. The van der Waals surface area contributed by atoms with Crippen molar-refractivity contribution in [3.63, 3.8) is 0 Å². The third-order valence-electron chi connectivity index (χ3n) is 2.82. The summed E-state index contributed by atoms with van der Waals surface area (Å²) in [7, 11) is -2.21. The molecule has 3 nitrogen and oxygen atoms in total. The van der Waals surface area contributed by atoms with Crippen molar-refractivity contribution in [1.82, 2.24) is 4.31 Å². The smallest absolute Gasteiger partial charge is 0.207 e. The molecule has 2 rings (SSSR count). The highest BCUT2D eigenvalue weighted by molar-refractivity contribution is 7.91. The van der Waals surface area contributed by atoms with Crippen LogP contribution in [0.15, 0.2) is 34.5 Å². The molecule has 108 valence electrons. The van der Waals surface area contributed by atoms with Gasteiger partial charge in [0.25, 0.3) is 10.0 Å². The molecule has 1 aromatic carbocycles. The number of rotatable bonds is 4. The first-order valence-electron chi connectivity index (χ1n) is 5.78. The molecule has 20 heavy (non-hydrogen) atoms. The Morgan fingerprint density at radius 3 is 2.55 bits per heavy atom. The maximum Gasteiger partial charge on any atom is 0.252 e. The van der Waals surface area contributed by atoms with Crippen molar-refractivity contribution in [2.24, 2.45) is 0 Å². The lowest BCUT2D eigenvalue weighted by molar-refractivity contribution is 0.458. The Hall–Kier alpha value is -0.950. The van der Waals surface area contributed by atoms with Crippen LogP contribution < -0.4 is 0 Å². The lowest BCUT2D eigenvalue weighted by atomic mass is 10.2. The van der Waals surface area contributed by atoms with Crippen molar-refractivity contribution in [3.05, 3.63) is 51.6 Å². The van der Waals surface area contributed by atoms with Gasteiger partial charge in [-0.15, -0.1) is 11.3 Å². The number of sulfonamides is 1. The molecule has 0 saturated carbocycles. The van der Waals surface area contributed by atoms with Gasteiger partial charge in [0.2, 0.25) is 0 Å². The quantitative estimate of drug-likeness (QED) is 0.856. The minimum absolute atomic E-state index is 0.106. The van der Waals surface area contributed by atoms with E-state index in [-0.39, 0.29) is 21.3 Å². The Bertz CT molecular complexity index is 707. The molecule has 2 aromatic rings. The van der Waals surface area contributed by atoms with Crippen molar-refractivity contribution in [2.45, 2.75) is 17.7 Å². The molecule has 0 spiro atoms. The van der Waals surface area contributed by atoms with Gasteiger partial charge in [0, 0.05) is 29.1 Å². The average Bonchev–Trinajstić information content (AvgIpc) is 2.81. The van der Waals surface area contributed by atoms with Gasteiger partial charge < -0.3 is 0 Å². The molecule has 0 saturated heterocycles. The number of hydrogen-bond acceptors (Lipinski definition) is 3. The van der Waals surface area contributed by atoms with Crippen LogP contribution in [0.5, 0.6) is 0 Å². The van der Waals surface area contributed by atoms with Crippen LogP contribution in [0.2, 0.25) is 5.02 Å². The molecule has 0 aliphatic carbocycles. The van der Waals surface area contributed by atoms with Gasteiger partial charge in [0.05, 0.1) is 0 Å². The van der Waals surface area contributed by atoms with Crippen molar-refractivity contribution in [3.8, 4) is 0 Å². The van der Waals surface area contributed by atoms with Crippen LogP contribution in [-0.2, 0) is 16.6 Å². The Kier molecular flexibility index (Phi) is 4.49. The van der Waals surface area contributed by atoms with E-state index >= 15 is 0 Å². The standard InChI is InChI=1S/C13H13ClFNO2S2/c1-9-6-7-13(19-9)20(17,18)16(2)8-10-11(14)4-3-5-12(10)15/h3-7H,8H2,1-2H3. The molecule has 0 bridgehead atoms. The summed E-state index contributed by atoms with van der Waals surface area (Å²) in [4.78, 5) is 0.904. The molecule has 7 heteroatoms. The van der Waals surface area contributed by atoms with Crippen molar-refractivity contribution < 1.29 is 12.8 Å². The van der Waals surface area contributed by atoms with Crippen LogP contribution in [0.4, 0.5) is 4.39 Å².